The molecule has 4 saturated heterocycles. The molecule has 19 heteroatoms. The summed E-state index contributed by atoms with van der Waals surface area (Å²) in [5.74, 6) is -2.74. The lowest BCUT2D eigenvalue weighted by Gasteiger charge is -2.41. The average Bonchev–Trinajstić information content (AvgIpc) is 3.98. The van der Waals surface area contributed by atoms with Crippen LogP contribution in [0.1, 0.15) is 86.0 Å². The van der Waals surface area contributed by atoms with E-state index in [0.717, 1.165) is 28.0 Å². The number of imide groups is 2. The zero-order valence-corrected chi connectivity index (χ0v) is 36.8. The number of amides is 9. The molecule has 4 aromatic rings. The Kier molecular flexibility index (Phi) is 15.4. The summed E-state index contributed by atoms with van der Waals surface area (Å²) < 4.78 is 10.9. The highest BCUT2D eigenvalue weighted by Gasteiger charge is 2.60. The molecule has 10 rings (SSSR count). The number of urea groups is 2. The first-order chi connectivity index (χ1) is 32.3. The molecule has 2 unspecified atom stereocenters. The highest BCUT2D eigenvalue weighted by molar-refractivity contribution is 6.07. The Labute approximate surface area is 399 Å². The summed E-state index contributed by atoms with van der Waals surface area (Å²) >= 11 is 0. The van der Waals surface area contributed by atoms with Crippen molar-refractivity contribution in [3.05, 3.63) is 130 Å². The quantitative estimate of drug-likeness (QED) is 0.116. The van der Waals surface area contributed by atoms with E-state index in [9.17, 15) is 38.4 Å². The third-order valence-corrected chi connectivity index (χ3v) is 12.8. The van der Waals surface area contributed by atoms with Gasteiger partial charge >= 0.3 is 30.2 Å². The van der Waals surface area contributed by atoms with Gasteiger partial charge < -0.3 is 46.1 Å². The van der Waals surface area contributed by atoms with E-state index in [1.165, 1.54) is 32.6 Å². The Morgan fingerprint density at radius 3 is 1.54 bits per heavy atom. The maximum Gasteiger partial charge on any atom is 0.418 e. The lowest BCUT2D eigenvalue weighted by molar-refractivity contribution is -0.145. The number of carbonyl (C=O) groups excluding carboxylic acids is 7. The van der Waals surface area contributed by atoms with Crippen LogP contribution in [0, 0.1) is 0 Å². The van der Waals surface area contributed by atoms with Crippen molar-refractivity contribution in [1.82, 2.24) is 30.7 Å². The maximum atomic E-state index is 13.4. The highest BCUT2D eigenvalue weighted by atomic mass is 16.6. The minimum Gasteiger partial charge on any atom is -0.480 e. The maximum absolute atomic E-state index is 13.4. The van der Waals surface area contributed by atoms with Gasteiger partial charge in [-0.3, -0.25) is 19.2 Å². The molecule has 4 atom stereocenters. The molecule has 69 heavy (non-hydrogen) atoms. The molecule has 0 saturated carbocycles. The Bertz CT molecular complexity index is 2630. The molecule has 4 heterocycles. The normalized spacial score (nSPS) is 22.1. The third kappa shape index (κ3) is 9.94. The summed E-state index contributed by atoms with van der Waals surface area (Å²) in [6.45, 7) is 0.698. The number of hydrogen-bond acceptors (Lipinski definition) is 11. The Hall–Kier alpha value is -7.80. The molecule has 2 aliphatic carbocycles. The van der Waals surface area contributed by atoms with Crippen molar-refractivity contribution in [3.63, 3.8) is 0 Å². The molecular weight excluding hydrogens is 889 g/mol. The fourth-order valence-corrected chi connectivity index (χ4v) is 9.18. The fraction of sp³-hybridized carbons (Fsp3) is 0.360. The van der Waals surface area contributed by atoms with Gasteiger partial charge in [0, 0.05) is 62.0 Å². The number of likely N-dealkylation sites (tertiary alicyclic amines) is 1. The van der Waals surface area contributed by atoms with E-state index in [4.69, 9.17) is 14.6 Å². The third-order valence-electron chi connectivity index (χ3n) is 12.8. The van der Waals surface area contributed by atoms with Crippen LogP contribution in [-0.4, -0.2) is 108 Å². The molecule has 4 aromatic carbocycles. The number of rotatable bonds is 8. The zero-order valence-electron chi connectivity index (χ0n) is 36.8. The number of aliphatic carboxylic acids is 1. The van der Waals surface area contributed by atoms with Crippen LogP contribution >= 0.6 is 0 Å². The van der Waals surface area contributed by atoms with Crippen molar-refractivity contribution >= 4 is 59.3 Å². The molecule has 19 nitrogen and oxygen atoms in total. The molecule has 2 spiro atoms. The van der Waals surface area contributed by atoms with Crippen LogP contribution in [0.4, 0.5) is 30.6 Å². The topological polar surface area (TPSA) is 245 Å². The smallest absolute Gasteiger partial charge is 0.418 e. The predicted molar refractivity (Wildman–Crippen MR) is 254 cm³/mol. The summed E-state index contributed by atoms with van der Waals surface area (Å²) in [7, 11) is 3.01. The summed E-state index contributed by atoms with van der Waals surface area (Å²) in [5.41, 5.74) is 3.43. The van der Waals surface area contributed by atoms with Crippen molar-refractivity contribution in [3.8, 4) is 0 Å². The number of anilines is 2. The molecule has 364 valence electrons. The molecule has 0 radical (unpaired) electrons. The number of aryl methyl sites for hydroxylation is 2. The van der Waals surface area contributed by atoms with Crippen molar-refractivity contribution < 1.29 is 52.9 Å². The van der Waals surface area contributed by atoms with Gasteiger partial charge in [0.1, 0.15) is 13.1 Å². The standard InChI is InChI=1S/C24H24N4O5.C15H15N3O6.C9H11N.2CH4/c1-25-22(31)26-17-7-8-18-16(13-17)9-11-24(18)21(30)28(23(32)33-24)14-20(29)27-12-10-19(27)15-5-3-2-4-6-15;1-16-13(22)17-9-2-3-10-8(6-9)4-5-15(10)12(21)18(7-11(19)20)14(23)24-15;1-2-4-8(5-3-1)9-6-7-10-9;;/h2-8,13,19H,9-12,14H2,1H3,(H2,25,26,31);2-3,6H,4-5,7H2,1H3,(H,19,20)(H2,16,17,22);1-5,9-10H,6-7H2;2*1H4/t19?,24-;15-;;;/m11.../s1. The average molecular weight is 947 g/mol. The van der Waals surface area contributed by atoms with Gasteiger partial charge in [-0.25, -0.2) is 29.0 Å². The van der Waals surface area contributed by atoms with Gasteiger partial charge in [0.25, 0.3) is 11.8 Å². The van der Waals surface area contributed by atoms with Crippen LogP contribution in [0.3, 0.4) is 0 Å². The number of carbonyl (C=O) groups is 8. The molecule has 6 N–H and O–H groups in total. The van der Waals surface area contributed by atoms with Crippen molar-refractivity contribution in [2.45, 2.75) is 76.7 Å². The molecule has 0 aromatic heterocycles. The lowest BCUT2D eigenvalue weighted by Crippen LogP contribution is -2.50. The second-order valence-electron chi connectivity index (χ2n) is 16.7. The number of fused-ring (bicyclic) bond motifs is 4. The van der Waals surface area contributed by atoms with E-state index in [0.29, 0.717) is 59.3 Å². The monoisotopic (exact) mass is 946 g/mol. The molecule has 6 aliphatic rings. The molecule has 4 fully saturated rings. The van der Waals surface area contributed by atoms with Gasteiger partial charge in [0.05, 0.1) is 6.04 Å². The van der Waals surface area contributed by atoms with Gasteiger partial charge in [-0.1, -0.05) is 87.6 Å². The van der Waals surface area contributed by atoms with Crippen LogP contribution in [0.2, 0.25) is 0 Å². The number of nitrogens with one attached hydrogen (secondary N) is 5. The van der Waals surface area contributed by atoms with Gasteiger partial charge in [-0.2, -0.15) is 0 Å². The highest BCUT2D eigenvalue weighted by Crippen LogP contribution is 2.47. The number of hydrogen-bond donors (Lipinski definition) is 6. The van der Waals surface area contributed by atoms with E-state index in [2.05, 4.69) is 56.9 Å². The van der Waals surface area contributed by atoms with E-state index in [1.807, 2.05) is 30.3 Å². The number of nitrogens with zero attached hydrogens (tertiary/aromatic N) is 3. The molecule has 0 bridgehead atoms. The largest absolute Gasteiger partial charge is 0.480 e. The van der Waals surface area contributed by atoms with Gasteiger partial charge in [-0.05, 0) is 78.7 Å². The first kappa shape index (κ1) is 50.6. The Morgan fingerprint density at radius 2 is 1.13 bits per heavy atom. The summed E-state index contributed by atoms with van der Waals surface area (Å²) in [4.78, 5) is 100. The second-order valence-corrected chi connectivity index (χ2v) is 16.7. The summed E-state index contributed by atoms with van der Waals surface area (Å²) in [6, 6.07) is 30.2. The van der Waals surface area contributed by atoms with Gasteiger partial charge in [0.2, 0.25) is 17.1 Å². The number of carboxylic acid groups (broad SMARTS) is 1. The zero-order chi connectivity index (χ0) is 47.5. The lowest BCUT2D eigenvalue weighted by atomic mass is 9.94. The minimum absolute atomic E-state index is 0. The van der Waals surface area contributed by atoms with Crippen molar-refractivity contribution in [1.29, 1.82) is 0 Å². The van der Waals surface area contributed by atoms with Crippen molar-refractivity contribution in [2.24, 2.45) is 0 Å². The second kappa shape index (κ2) is 21.0. The van der Waals surface area contributed by atoms with E-state index in [-0.39, 0.29) is 51.8 Å². The first-order valence-corrected chi connectivity index (χ1v) is 22.0. The van der Waals surface area contributed by atoms with Crippen LogP contribution in [0.5, 0.6) is 0 Å². The first-order valence-electron chi connectivity index (χ1n) is 22.0. The van der Waals surface area contributed by atoms with Crippen LogP contribution < -0.4 is 26.6 Å². The number of carboxylic acids is 1. The minimum atomic E-state index is -1.46. The van der Waals surface area contributed by atoms with Crippen LogP contribution in [0.15, 0.2) is 97.1 Å². The Morgan fingerprint density at radius 1 is 0.667 bits per heavy atom. The summed E-state index contributed by atoms with van der Waals surface area (Å²) in [5, 5.41) is 22.4. The van der Waals surface area contributed by atoms with E-state index >= 15 is 0 Å². The number of ether oxygens (including phenoxy) is 2. The van der Waals surface area contributed by atoms with E-state index in [1.54, 1.807) is 41.3 Å². The summed E-state index contributed by atoms with van der Waals surface area (Å²) in [6.07, 6.45) is 1.92. The molecule has 4 aliphatic heterocycles. The van der Waals surface area contributed by atoms with Crippen LogP contribution in [-0.2, 0) is 52.7 Å². The molecule has 9 amide bonds. The van der Waals surface area contributed by atoms with Gasteiger partial charge in [0.15, 0.2) is 0 Å². The van der Waals surface area contributed by atoms with E-state index < -0.39 is 47.7 Å². The predicted octanol–water partition coefficient (Wildman–Crippen LogP) is 6.17. The fourth-order valence-electron chi connectivity index (χ4n) is 9.18. The SMILES string of the molecule is C.C.CNC(=O)Nc1ccc2c(c1)CC[C@@]21OC(=O)N(CC(=O)N2CCC2c2ccccc2)C1=O.CNC(=O)Nc1ccc2c(c1)CC[C@@]21OC(=O)N(CC(=O)O)C1=O.c1ccc(C2CCN2)cc1. The number of benzene rings is 4. The van der Waals surface area contributed by atoms with Gasteiger partial charge in [-0.15, -0.1) is 0 Å². The Balaban J connectivity index is 0.000000189. The molecular formula is C50H58N8O11. The van der Waals surface area contributed by atoms with Crippen molar-refractivity contribution in [2.75, 3.05) is 50.9 Å². The van der Waals surface area contributed by atoms with Crippen LogP contribution in [0.25, 0.3) is 0 Å².